The van der Waals surface area contributed by atoms with Crippen molar-refractivity contribution in [3.05, 3.63) is 53.2 Å². The second kappa shape index (κ2) is 7.43. The van der Waals surface area contributed by atoms with Gasteiger partial charge in [-0.2, -0.15) is 5.10 Å². The molecule has 8 heteroatoms. The van der Waals surface area contributed by atoms with E-state index in [2.05, 4.69) is 22.2 Å². The summed E-state index contributed by atoms with van der Waals surface area (Å²) >= 11 is 1.57. The molecule has 0 radical (unpaired) electrons. The number of fused-ring (bicyclic) bond motifs is 2. The van der Waals surface area contributed by atoms with E-state index in [-0.39, 0.29) is 11.8 Å². The average Bonchev–Trinajstić information content (AvgIpc) is 3.53. The molecule has 0 aliphatic carbocycles. The van der Waals surface area contributed by atoms with Gasteiger partial charge >= 0.3 is 0 Å². The number of carbonyl (C=O) groups excluding carboxylic acids is 2. The van der Waals surface area contributed by atoms with E-state index in [1.807, 2.05) is 46.6 Å². The number of thiophene rings is 1. The van der Waals surface area contributed by atoms with Gasteiger partial charge in [0.2, 0.25) is 0 Å². The Kier molecular flexibility index (Phi) is 4.51. The van der Waals surface area contributed by atoms with Gasteiger partial charge in [0.1, 0.15) is 10.5 Å². The van der Waals surface area contributed by atoms with E-state index in [4.69, 9.17) is 5.10 Å². The molecule has 1 aromatic carbocycles. The monoisotopic (exact) mass is 445 g/mol. The van der Waals surface area contributed by atoms with Gasteiger partial charge in [-0.05, 0) is 56.4 Å². The molecule has 0 spiro atoms. The zero-order valence-electron chi connectivity index (χ0n) is 17.7. The van der Waals surface area contributed by atoms with Crippen LogP contribution in [0, 0.1) is 5.92 Å². The Morgan fingerprint density at radius 1 is 1.06 bits per heavy atom. The number of aromatic amines is 1. The van der Waals surface area contributed by atoms with Crippen LogP contribution in [0.2, 0.25) is 0 Å². The normalized spacial score (nSPS) is 18.4. The number of H-pyrrole nitrogens is 1. The standard InChI is InChI=1S/C24H23N5O2S/c1-28-9-6-14(7-10-28)13-29-18-5-3-2-4-16(18)21(27-29)20-19(22(30)26-23(20)31)17-12-25-24-15(17)8-11-32-24/h2-5,8,11-12,14,25H,6-7,9-10,13H2,1H3,(H,26,30,31). The Balaban J connectivity index is 1.51. The average molecular weight is 446 g/mol. The number of amides is 2. The number of hydrogen-bond acceptors (Lipinski definition) is 5. The molecule has 3 aromatic heterocycles. The van der Waals surface area contributed by atoms with Gasteiger partial charge < -0.3 is 9.88 Å². The molecule has 2 aliphatic heterocycles. The lowest BCUT2D eigenvalue weighted by molar-refractivity contribution is -0.122. The van der Waals surface area contributed by atoms with E-state index in [1.165, 1.54) is 0 Å². The molecule has 5 heterocycles. The highest BCUT2D eigenvalue weighted by Gasteiger charge is 2.36. The number of nitrogens with one attached hydrogen (secondary N) is 2. The number of imide groups is 1. The number of piperidine rings is 1. The van der Waals surface area contributed by atoms with Crippen molar-refractivity contribution in [3.63, 3.8) is 0 Å². The highest BCUT2D eigenvalue weighted by molar-refractivity contribution is 7.16. The predicted molar refractivity (Wildman–Crippen MR) is 126 cm³/mol. The molecule has 7 nitrogen and oxygen atoms in total. The summed E-state index contributed by atoms with van der Waals surface area (Å²) in [6.07, 6.45) is 4.07. The van der Waals surface area contributed by atoms with E-state index in [9.17, 15) is 9.59 Å². The summed E-state index contributed by atoms with van der Waals surface area (Å²) in [7, 11) is 2.16. The van der Waals surface area contributed by atoms with Crippen LogP contribution in [0.3, 0.4) is 0 Å². The molecule has 4 aromatic rings. The molecule has 0 unspecified atom stereocenters. The first-order valence-electron chi connectivity index (χ1n) is 10.9. The summed E-state index contributed by atoms with van der Waals surface area (Å²) in [6.45, 7) is 2.99. The lowest BCUT2D eigenvalue weighted by atomic mass is 9.97. The van der Waals surface area contributed by atoms with Crippen molar-refractivity contribution >= 4 is 55.4 Å². The van der Waals surface area contributed by atoms with Crippen LogP contribution in [0.15, 0.2) is 41.9 Å². The summed E-state index contributed by atoms with van der Waals surface area (Å²) in [5.74, 6) is -0.208. The van der Waals surface area contributed by atoms with Crippen LogP contribution >= 0.6 is 11.3 Å². The van der Waals surface area contributed by atoms with Crippen molar-refractivity contribution in [2.24, 2.45) is 5.92 Å². The fourth-order valence-electron chi connectivity index (χ4n) is 4.93. The molecule has 1 saturated heterocycles. The molecule has 2 amide bonds. The fourth-order valence-corrected chi connectivity index (χ4v) is 5.71. The largest absolute Gasteiger partial charge is 0.352 e. The van der Waals surface area contributed by atoms with Gasteiger partial charge in [0.05, 0.1) is 16.7 Å². The van der Waals surface area contributed by atoms with E-state index in [0.717, 1.165) is 59.2 Å². The lowest BCUT2D eigenvalue weighted by Crippen LogP contribution is -2.32. The molecular formula is C24H23N5O2S. The Bertz CT molecular complexity index is 1400. The van der Waals surface area contributed by atoms with Crippen molar-refractivity contribution < 1.29 is 9.59 Å². The first-order chi connectivity index (χ1) is 15.6. The molecule has 2 N–H and O–H groups in total. The number of rotatable bonds is 4. The Hall–Kier alpha value is -3.23. The third-order valence-electron chi connectivity index (χ3n) is 6.67. The zero-order valence-corrected chi connectivity index (χ0v) is 18.5. The van der Waals surface area contributed by atoms with E-state index >= 15 is 0 Å². The molecular weight excluding hydrogens is 422 g/mol. The second-order valence-electron chi connectivity index (χ2n) is 8.69. The number of nitrogens with zero attached hydrogens (tertiary/aromatic N) is 3. The highest BCUT2D eigenvalue weighted by atomic mass is 32.1. The van der Waals surface area contributed by atoms with Crippen LogP contribution in [-0.2, 0) is 16.1 Å². The summed E-state index contributed by atoms with van der Waals surface area (Å²) in [5.41, 5.74) is 3.08. The first kappa shape index (κ1) is 19.5. The third-order valence-corrected chi connectivity index (χ3v) is 7.51. The molecule has 2 aliphatic rings. The lowest BCUT2D eigenvalue weighted by Gasteiger charge is -2.28. The van der Waals surface area contributed by atoms with E-state index < -0.39 is 0 Å². The van der Waals surface area contributed by atoms with Gasteiger partial charge in [-0.3, -0.25) is 19.6 Å². The number of para-hydroxylation sites is 1. The number of benzene rings is 1. The fraction of sp³-hybridized carbons (Fsp3) is 0.292. The maximum atomic E-state index is 13.0. The summed E-state index contributed by atoms with van der Waals surface area (Å²) in [5, 5.41) is 11.2. The molecule has 0 saturated carbocycles. The maximum Gasteiger partial charge on any atom is 0.261 e. The van der Waals surface area contributed by atoms with Crippen molar-refractivity contribution in [1.82, 2.24) is 25.0 Å². The molecule has 1 fully saturated rings. The predicted octanol–water partition coefficient (Wildman–Crippen LogP) is 3.49. The van der Waals surface area contributed by atoms with Gasteiger partial charge in [0, 0.05) is 29.1 Å². The summed E-state index contributed by atoms with van der Waals surface area (Å²) < 4.78 is 2.03. The van der Waals surface area contributed by atoms with Crippen LogP contribution in [0.5, 0.6) is 0 Å². The first-order valence-corrected chi connectivity index (χ1v) is 11.8. The van der Waals surface area contributed by atoms with Gasteiger partial charge in [-0.1, -0.05) is 18.2 Å². The second-order valence-corrected chi connectivity index (χ2v) is 9.61. The van der Waals surface area contributed by atoms with Crippen LogP contribution in [0.4, 0.5) is 0 Å². The minimum Gasteiger partial charge on any atom is -0.352 e. The molecule has 32 heavy (non-hydrogen) atoms. The molecule has 0 bridgehead atoms. The summed E-state index contributed by atoms with van der Waals surface area (Å²) in [6, 6.07) is 9.96. The number of hydrogen-bond donors (Lipinski definition) is 2. The van der Waals surface area contributed by atoms with Crippen molar-refractivity contribution in [2.45, 2.75) is 19.4 Å². The molecule has 0 atom stereocenters. The number of aromatic nitrogens is 3. The minimum atomic E-state index is -0.385. The Labute approximate surface area is 188 Å². The minimum absolute atomic E-state index is 0.362. The number of likely N-dealkylation sites (tertiary alicyclic amines) is 1. The van der Waals surface area contributed by atoms with Crippen molar-refractivity contribution in [3.8, 4) is 0 Å². The zero-order chi connectivity index (χ0) is 21.8. The Morgan fingerprint density at radius 2 is 1.84 bits per heavy atom. The maximum absolute atomic E-state index is 13.0. The summed E-state index contributed by atoms with van der Waals surface area (Å²) in [4.78, 5) is 32.4. The van der Waals surface area contributed by atoms with Gasteiger partial charge in [0.25, 0.3) is 11.8 Å². The van der Waals surface area contributed by atoms with Crippen LogP contribution in [0.1, 0.15) is 24.1 Å². The van der Waals surface area contributed by atoms with Gasteiger partial charge in [-0.15, -0.1) is 11.3 Å². The van der Waals surface area contributed by atoms with Gasteiger partial charge in [0.15, 0.2) is 0 Å². The van der Waals surface area contributed by atoms with Crippen LogP contribution in [0.25, 0.3) is 32.3 Å². The Morgan fingerprint density at radius 3 is 2.69 bits per heavy atom. The van der Waals surface area contributed by atoms with Gasteiger partial charge in [-0.25, -0.2) is 0 Å². The van der Waals surface area contributed by atoms with E-state index in [0.29, 0.717) is 22.8 Å². The molecule has 6 rings (SSSR count). The molecule has 162 valence electrons. The SMILES string of the molecule is CN1CCC(Cn2nc(C3=C(c4c[nH]c5sccc45)C(=O)NC3=O)c3ccccc32)CC1. The van der Waals surface area contributed by atoms with E-state index in [1.54, 1.807) is 11.3 Å². The topological polar surface area (TPSA) is 83.0 Å². The quantitative estimate of drug-likeness (QED) is 0.471. The highest BCUT2D eigenvalue weighted by Crippen LogP contribution is 2.38. The number of carbonyl (C=O) groups is 2. The van der Waals surface area contributed by atoms with Crippen molar-refractivity contribution in [1.29, 1.82) is 0 Å². The van der Waals surface area contributed by atoms with Crippen LogP contribution < -0.4 is 5.32 Å². The smallest absolute Gasteiger partial charge is 0.261 e. The van der Waals surface area contributed by atoms with Crippen LogP contribution in [-0.4, -0.2) is 51.6 Å². The third kappa shape index (κ3) is 3.02. The van der Waals surface area contributed by atoms with Crippen molar-refractivity contribution in [2.75, 3.05) is 20.1 Å².